The molecule has 0 unspecified atom stereocenters. The molecule has 2 heterocycles. The Morgan fingerprint density at radius 2 is 1.82 bits per heavy atom. The van der Waals surface area contributed by atoms with Crippen LogP contribution in [0, 0.1) is 0 Å². The Morgan fingerprint density at radius 1 is 1.18 bits per heavy atom. The molecule has 1 aromatic rings. The van der Waals surface area contributed by atoms with Crippen molar-refractivity contribution in [1.29, 1.82) is 0 Å². The van der Waals surface area contributed by atoms with E-state index in [4.69, 9.17) is 23.2 Å². The molecule has 0 saturated carbocycles. The van der Waals surface area contributed by atoms with Gasteiger partial charge in [0.2, 0.25) is 16.5 Å². The number of hydrogen-bond donors (Lipinski definition) is 0. The summed E-state index contributed by atoms with van der Waals surface area (Å²) in [6.45, 7) is 1.75. The van der Waals surface area contributed by atoms with Gasteiger partial charge in [-0.15, -0.1) is 5.10 Å². The summed E-state index contributed by atoms with van der Waals surface area (Å²) in [5, 5.41) is 4.08. The third-order valence-corrected chi connectivity index (χ3v) is 3.28. The maximum Gasteiger partial charge on any atom is 0.244 e. The zero-order chi connectivity index (χ0) is 12.3. The molecular formula is C10H14Cl2N4O. The highest BCUT2D eigenvalue weighted by molar-refractivity contribution is 6.31. The molecule has 0 radical (unpaired) electrons. The van der Waals surface area contributed by atoms with E-state index in [1.165, 1.54) is 17.5 Å². The number of aromatic nitrogens is 3. The van der Waals surface area contributed by atoms with Gasteiger partial charge in [-0.25, -0.2) is 4.68 Å². The summed E-state index contributed by atoms with van der Waals surface area (Å²) in [6.07, 6.45) is 4.52. The van der Waals surface area contributed by atoms with Crippen LogP contribution in [-0.4, -0.2) is 38.7 Å². The third-order valence-electron chi connectivity index (χ3n) is 2.84. The van der Waals surface area contributed by atoms with Crippen molar-refractivity contribution in [3.63, 3.8) is 0 Å². The van der Waals surface area contributed by atoms with Crippen LogP contribution in [0.2, 0.25) is 10.6 Å². The Kier molecular flexibility index (Phi) is 4.23. The zero-order valence-corrected chi connectivity index (χ0v) is 10.9. The highest BCUT2D eigenvalue weighted by Gasteiger charge is 2.17. The monoisotopic (exact) mass is 276 g/mol. The molecule has 0 atom stereocenters. The molecule has 17 heavy (non-hydrogen) atoms. The lowest BCUT2D eigenvalue weighted by Gasteiger charge is -2.20. The van der Waals surface area contributed by atoms with Crippen molar-refractivity contribution in [3.05, 3.63) is 10.6 Å². The van der Waals surface area contributed by atoms with Crippen LogP contribution >= 0.6 is 23.2 Å². The summed E-state index contributed by atoms with van der Waals surface area (Å²) >= 11 is 11.4. The van der Waals surface area contributed by atoms with Crippen LogP contribution in [-0.2, 0) is 11.3 Å². The standard InChI is InChI=1S/C10H14Cl2N4O/c11-9-13-10(12)16(14-9)7-8(17)15-5-3-1-2-4-6-15/h1-7H2. The second kappa shape index (κ2) is 5.69. The lowest BCUT2D eigenvalue weighted by Crippen LogP contribution is -2.34. The topological polar surface area (TPSA) is 51.0 Å². The van der Waals surface area contributed by atoms with E-state index in [1.807, 2.05) is 4.90 Å². The van der Waals surface area contributed by atoms with Gasteiger partial charge in [0.25, 0.3) is 0 Å². The predicted octanol–water partition coefficient (Wildman–Crippen LogP) is 1.99. The molecule has 0 aliphatic carbocycles. The summed E-state index contributed by atoms with van der Waals surface area (Å²) in [7, 11) is 0. The average molecular weight is 277 g/mol. The molecule has 94 valence electrons. The van der Waals surface area contributed by atoms with Gasteiger partial charge in [0.1, 0.15) is 6.54 Å². The van der Waals surface area contributed by atoms with Crippen LogP contribution in [0.1, 0.15) is 25.7 Å². The van der Waals surface area contributed by atoms with Crippen molar-refractivity contribution in [3.8, 4) is 0 Å². The SMILES string of the molecule is O=C(Cn1nc(Cl)nc1Cl)N1CCCCCC1. The van der Waals surface area contributed by atoms with E-state index in [-0.39, 0.29) is 23.0 Å². The van der Waals surface area contributed by atoms with Gasteiger partial charge in [0.05, 0.1) is 0 Å². The van der Waals surface area contributed by atoms with Gasteiger partial charge in [0.15, 0.2) is 0 Å². The molecule has 0 spiro atoms. The van der Waals surface area contributed by atoms with E-state index < -0.39 is 0 Å². The van der Waals surface area contributed by atoms with Crippen LogP contribution in [0.5, 0.6) is 0 Å². The second-order valence-corrected chi connectivity index (χ2v) is 4.78. The molecule has 1 aliphatic rings. The summed E-state index contributed by atoms with van der Waals surface area (Å²) in [6, 6.07) is 0. The Morgan fingerprint density at radius 3 is 2.35 bits per heavy atom. The van der Waals surface area contributed by atoms with Crippen LogP contribution in [0.15, 0.2) is 0 Å². The molecule has 1 aliphatic heterocycles. The minimum atomic E-state index is 0.0235. The van der Waals surface area contributed by atoms with Crippen molar-refractivity contribution in [2.45, 2.75) is 32.2 Å². The zero-order valence-electron chi connectivity index (χ0n) is 9.40. The molecule has 0 bridgehead atoms. The fourth-order valence-corrected chi connectivity index (χ4v) is 2.34. The van der Waals surface area contributed by atoms with Crippen LogP contribution in [0.25, 0.3) is 0 Å². The average Bonchev–Trinajstić information content (AvgIpc) is 2.54. The number of amides is 1. The van der Waals surface area contributed by atoms with Crippen molar-refractivity contribution >= 4 is 29.1 Å². The number of nitrogens with zero attached hydrogens (tertiary/aromatic N) is 4. The van der Waals surface area contributed by atoms with Gasteiger partial charge < -0.3 is 4.90 Å². The fraction of sp³-hybridized carbons (Fsp3) is 0.700. The lowest BCUT2D eigenvalue weighted by molar-refractivity contribution is -0.132. The van der Waals surface area contributed by atoms with E-state index in [9.17, 15) is 4.79 Å². The number of hydrogen-bond acceptors (Lipinski definition) is 3. The third kappa shape index (κ3) is 3.33. The first-order valence-electron chi connectivity index (χ1n) is 5.70. The molecule has 1 amide bonds. The normalized spacial score (nSPS) is 16.9. The van der Waals surface area contributed by atoms with Crippen molar-refractivity contribution in [1.82, 2.24) is 19.7 Å². The van der Waals surface area contributed by atoms with E-state index >= 15 is 0 Å². The van der Waals surface area contributed by atoms with Crippen molar-refractivity contribution in [2.24, 2.45) is 0 Å². The number of rotatable bonds is 2. The van der Waals surface area contributed by atoms with E-state index in [2.05, 4.69) is 10.1 Å². The van der Waals surface area contributed by atoms with Crippen LogP contribution in [0.3, 0.4) is 0 Å². The minimum Gasteiger partial charge on any atom is -0.341 e. The van der Waals surface area contributed by atoms with E-state index in [0.717, 1.165) is 25.9 Å². The smallest absolute Gasteiger partial charge is 0.244 e. The Hall–Kier alpha value is -0.810. The first-order valence-corrected chi connectivity index (χ1v) is 6.46. The van der Waals surface area contributed by atoms with Gasteiger partial charge >= 0.3 is 0 Å². The van der Waals surface area contributed by atoms with Gasteiger partial charge in [-0.1, -0.05) is 12.8 Å². The summed E-state index contributed by atoms with van der Waals surface area (Å²) in [4.78, 5) is 17.6. The maximum atomic E-state index is 12.0. The summed E-state index contributed by atoms with van der Waals surface area (Å²) in [5.41, 5.74) is 0. The quantitative estimate of drug-likeness (QED) is 0.830. The van der Waals surface area contributed by atoms with E-state index in [1.54, 1.807) is 0 Å². The molecule has 5 nitrogen and oxygen atoms in total. The van der Waals surface area contributed by atoms with Crippen LogP contribution in [0.4, 0.5) is 0 Å². The molecule has 0 aromatic carbocycles. The Balaban J connectivity index is 1.98. The highest BCUT2D eigenvalue weighted by atomic mass is 35.5. The number of carbonyl (C=O) groups is 1. The molecule has 2 rings (SSSR count). The molecular weight excluding hydrogens is 263 g/mol. The molecule has 1 aromatic heterocycles. The lowest BCUT2D eigenvalue weighted by atomic mass is 10.2. The number of halogens is 2. The first kappa shape index (κ1) is 12.6. The van der Waals surface area contributed by atoms with Gasteiger partial charge in [-0.05, 0) is 36.0 Å². The minimum absolute atomic E-state index is 0.0235. The Labute approximate surface area is 110 Å². The molecule has 1 saturated heterocycles. The van der Waals surface area contributed by atoms with E-state index in [0.29, 0.717) is 0 Å². The first-order chi connectivity index (χ1) is 8.16. The van der Waals surface area contributed by atoms with Gasteiger partial charge in [-0.2, -0.15) is 4.98 Å². The van der Waals surface area contributed by atoms with Gasteiger partial charge in [0, 0.05) is 13.1 Å². The highest BCUT2D eigenvalue weighted by Crippen LogP contribution is 2.12. The summed E-state index contributed by atoms with van der Waals surface area (Å²) in [5.74, 6) is 0.0235. The van der Waals surface area contributed by atoms with Crippen LogP contribution < -0.4 is 0 Å². The maximum absolute atomic E-state index is 12.0. The largest absolute Gasteiger partial charge is 0.341 e. The number of likely N-dealkylation sites (tertiary alicyclic amines) is 1. The number of carbonyl (C=O) groups excluding carboxylic acids is 1. The summed E-state index contributed by atoms with van der Waals surface area (Å²) < 4.78 is 1.33. The predicted molar refractivity (Wildman–Crippen MR) is 65.1 cm³/mol. The fourth-order valence-electron chi connectivity index (χ4n) is 1.95. The Bertz CT molecular complexity index is 399. The van der Waals surface area contributed by atoms with Gasteiger partial charge in [-0.3, -0.25) is 4.79 Å². The van der Waals surface area contributed by atoms with Crippen molar-refractivity contribution in [2.75, 3.05) is 13.1 Å². The molecule has 0 N–H and O–H groups in total. The molecule has 1 fully saturated rings. The second-order valence-electron chi connectivity index (χ2n) is 4.10. The molecule has 7 heteroatoms. The van der Waals surface area contributed by atoms with Crippen molar-refractivity contribution < 1.29 is 4.79 Å².